The summed E-state index contributed by atoms with van der Waals surface area (Å²) in [5, 5.41) is 4.17. The zero-order valence-electron chi connectivity index (χ0n) is 13.7. The van der Waals surface area contributed by atoms with E-state index in [0.717, 1.165) is 17.0 Å². The van der Waals surface area contributed by atoms with Gasteiger partial charge in [-0.05, 0) is 43.7 Å². The Morgan fingerprint density at radius 3 is 2.52 bits per heavy atom. The van der Waals surface area contributed by atoms with Crippen LogP contribution in [0.5, 0.6) is 11.5 Å². The number of thiophene rings is 1. The summed E-state index contributed by atoms with van der Waals surface area (Å²) in [7, 11) is 3.08. The van der Waals surface area contributed by atoms with E-state index in [1.54, 1.807) is 36.6 Å². The molecule has 0 saturated heterocycles. The highest BCUT2D eigenvalue weighted by Crippen LogP contribution is 2.27. The second-order valence-corrected chi connectivity index (χ2v) is 6.00. The van der Waals surface area contributed by atoms with E-state index in [4.69, 9.17) is 9.47 Å². The van der Waals surface area contributed by atoms with Crippen molar-refractivity contribution in [3.8, 4) is 11.5 Å². The van der Waals surface area contributed by atoms with Crippen molar-refractivity contribution in [1.82, 2.24) is 5.43 Å². The highest BCUT2D eigenvalue weighted by molar-refractivity contribution is 7.14. The van der Waals surface area contributed by atoms with E-state index in [2.05, 4.69) is 23.5 Å². The Morgan fingerprint density at radius 1 is 1.17 bits per heavy atom. The molecule has 0 saturated carbocycles. The fourth-order valence-corrected chi connectivity index (χ4v) is 2.89. The molecule has 2 aromatic rings. The van der Waals surface area contributed by atoms with Gasteiger partial charge in [0.1, 0.15) is 0 Å². The number of hydrazone groups is 1. The van der Waals surface area contributed by atoms with Crippen molar-refractivity contribution in [2.24, 2.45) is 5.10 Å². The first-order valence-electron chi connectivity index (χ1n) is 7.24. The number of carbonyl (C=O) groups excluding carboxylic acids is 1. The first-order chi connectivity index (χ1) is 11.1. The van der Waals surface area contributed by atoms with Crippen LogP contribution < -0.4 is 14.9 Å². The van der Waals surface area contributed by atoms with Gasteiger partial charge in [-0.25, -0.2) is 5.43 Å². The Morgan fingerprint density at radius 2 is 1.91 bits per heavy atom. The molecule has 122 valence electrons. The maximum absolute atomic E-state index is 12.2. The van der Waals surface area contributed by atoms with Crippen molar-refractivity contribution in [3.05, 3.63) is 45.6 Å². The molecule has 0 atom stereocenters. The number of rotatable bonds is 6. The number of carbonyl (C=O) groups is 1. The fraction of sp³-hybridized carbons (Fsp3) is 0.294. The SMILES string of the molecule is CCc1ccc(C(C)=NNC(=O)c2ccc(OC)c(OC)c2)s1. The van der Waals surface area contributed by atoms with Crippen LogP contribution in [-0.2, 0) is 6.42 Å². The van der Waals surface area contributed by atoms with Gasteiger partial charge in [0.25, 0.3) is 5.91 Å². The van der Waals surface area contributed by atoms with Gasteiger partial charge in [0.2, 0.25) is 0 Å². The van der Waals surface area contributed by atoms with Gasteiger partial charge in [-0.3, -0.25) is 4.79 Å². The van der Waals surface area contributed by atoms with E-state index in [1.807, 2.05) is 13.0 Å². The normalized spacial score (nSPS) is 11.2. The predicted octanol–water partition coefficient (Wildman–Crippen LogP) is 3.48. The molecule has 0 bridgehead atoms. The molecule has 0 spiro atoms. The minimum Gasteiger partial charge on any atom is -0.493 e. The molecule has 1 aromatic carbocycles. The maximum atomic E-state index is 12.2. The third kappa shape index (κ3) is 4.10. The van der Waals surface area contributed by atoms with Crippen LogP contribution in [0.2, 0.25) is 0 Å². The third-order valence-corrected chi connectivity index (χ3v) is 4.68. The molecule has 0 aliphatic carbocycles. The van der Waals surface area contributed by atoms with Gasteiger partial charge in [-0.1, -0.05) is 6.92 Å². The van der Waals surface area contributed by atoms with E-state index in [0.29, 0.717) is 17.1 Å². The van der Waals surface area contributed by atoms with Crippen molar-refractivity contribution >= 4 is 23.0 Å². The van der Waals surface area contributed by atoms with Crippen LogP contribution in [0.4, 0.5) is 0 Å². The number of aryl methyl sites for hydroxylation is 1. The van der Waals surface area contributed by atoms with Crippen LogP contribution in [0.25, 0.3) is 0 Å². The maximum Gasteiger partial charge on any atom is 0.271 e. The first-order valence-corrected chi connectivity index (χ1v) is 8.06. The number of benzene rings is 1. The van der Waals surface area contributed by atoms with Crippen LogP contribution in [0.1, 0.15) is 34.0 Å². The Kier molecular flexibility index (Phi) is 5.76. The molecular weight excluding hydrogens is 312 g/mol. The summed E-state index contributed by atoms with van der Waals surface area (Å²) in [6, 6.07) is 9.08. The highest BCUT2D eigenvalue weighted by atomic mass is 32.1. The lowest BCUT2D eigenvalue weighted by Gasteiger charge is -2.08. The van der Waals surface area contributed by atoms with Crippen LogP contribution in [0, 0.1) is 0 Å². The van der Waals surface area contributed by atoms with Gasteiger partial charge >= 0.3 is 0 Å². The Labute approximate surface area is 139 Å². The van der Waals surface area contributed by atoms with Gasteiger partial charge in [0, 0.05) is 10.4 Å². The van der Waals surface area contributed by atoms with Gasteiger partial charge in [-0.15, -0.1) is 11.3 Å². The smallest absolute Gasteiger partial charge is 0.271 e. The molecule has 0 aliphatic rings. The highest BCUT2D eigenvalue weighted by Gasteiger charge is 2.10. The summed E-state index contributed by atoms with van der Waals surface area (Å²) in [5.74, 6) is 0.790. The Balaban J connectivity index is 2.10. The Bertz CT molecular complexity index is 722. The number of nitrogens with one attached hydrogen (secondary N) is 1. The van der Waals surface area contributed by atoms with E-state index < -0.39 is 0 Å². The summed E-state index contributed by atoms with van der Waals surface area (Å²) in [4.78, 5) is 14.5. The molecule has 1 amide bonds. The zero-order chi connectivity index (χ0) is 16.8. The van der Waals surface area contributed by atoms with Crippen molar-refractivity contribution in [2.75, 3.05) is 14.2 Å². The fourth-order valence-electron chi connectivity index (χ4n) is 1.99. The van der Waals surface area contributed by atoms with Crippen molar-refractivity contribution in [3.63, 3.8) is 0 Å². The minimum atomic E-state index is -0.294. The molecule has 1 heterocycles. The van der Waals surface area contributed by atoms with E-state index in [-0.39, 0.29) is 5.91 Å². The van der Waals surface area contributed by atoms with Gasteiger partial charge < -0.3 is 9.47 Å². The number of hydrogen-bond donors (Lipinski definition) is 1. The monoisotopic (exact) mass is 332 g/mol. The molecule has 0 fully saturated rings. The van der Waals surface area contributed by atoms with Crippen LogP contribution in [0.15, 0.2) is 35.4 Å². The van der Waals surface area contributed by atoms with Crippen LogP contribution >= 0.6 is 11.3 Å². The quantitative estimate of drug-likeness (QED) is 0.651. The molecule has 1 N–H and O–H groups in total. The standard InChI is InChI=1S/C17H20N2O3S/c1-5-13-7-9-16(23-13)11(2)18-19-17(20)12-6-8-14(21-3)15(10-12)22-4/h6-10H,5H2,1-4H3,(H,19,20). The number of ether oxygens (including phenoxy) is 2. The minimum absolute atomic E-state index is 0.294. The molecule has 1 aromatic heterocycles. The average molecular weight is 332 g/mol. The van der Waals surface area contributed by atoms with Gasteiger partial charge in [0.15, 0.2) is 11.5 Å². The number of hydrogen-bond acceptors (Lipinski definition) is 5. The number of amides is 1. The second-order valence-electron chi connectivity index (χ2n) is 4.83. The lowest BCUT2D eigenvalue weighted by molar-refractivity contribution is 0.0954. The van der Waals surface area contributed by atoms with Crippen molar-refractivity contribution in [2.45, 2.75) is 20.3 Å². The average Bonchev–Trinajstić information content (AvgIpc) is 3.07. The molecule has 0 aliphatic heterocycles. The molecule has 6 heteroatoms. The Hall–Kier alpha value is -2.34. The van der Waals surface area contributed by atoms with Crippen LogP contribution in [-0.4, -0.2) is 25.8 Å². The molecular formula is C17H20N2O3S. The van der Waals surface area contributed by atoms with Crippen LogP contribution in [0.3, 0.4) is 0 Å². The second kappa shape index (κ2) is 7.78. The number of methoxy groups -OCH3 is 2. The van der Waals surface area contributed by atoms with Crippen molar-refractivity contribution < 1.29 is 14.3 Å². The molecule has 5 nitrogen and oxygen atoms in total. The van der Waals surface area contributed by atoms with E-state index in [1.165, 1.54) is 12.0 Å². The van der Waals surface area contributed by atoms with E-state index >= 15 is 0 Å². The lowest BCUT2D eigenvalue weighted by Crippen LogP contribution is -2.19. The lowest BCUT2D eigenvalue weighted by atomic mass is 10.2. The summed E-state index contributed by atoms with van der Waals surface area (Å²) in [6.45, 7) is 3.99. The molecule has 0 radical (unpaired) electrons. The topological polar surface area (TPSA) is 59.9 Å². The summed E-state index contributed by atoms with van der Waals surface area (Å²) in [6.07, 6.45) is 0.996. The number of nitrogens with zero attached hydrogens (tertiary/aromatic N) is 1. The summed E-state index contributed by atoms with van der Waals surface area (Å²) < 4.78 is 10.4. The zero-order valence-corrected chi connectivity index (χ0v) is 14.5. The largest absolute Gasteiger partial charge is 0.493 e. The molecule has 2 rings (SSSR count). The molecule has 0 unspecified atom stereocenters. The van der Waals surface area contributed by atoms with E-state index in [9.17, 15) is 4.79 Å². The summed E-state index contributed by atoms with van der Waals surface area (Å²) in [5.41, 5.74) is 3.81. The van der Waals surface area contributed by atoms with Gasteiger partial charge in [-0.2, -0.15) is 5.10 Å². The molecule has 23 heavy (non-hydrogen) atoms. The first kappa shape index (κ1) is 17.0. The van der Waals surface area contributed by atoms with Gasteiger partial charge in [0.05, 0.1) is 24.8 Å². The third-order valence-electron chi connectivity index (χ3n) is 3.34. The van der Waals surface area contributed by atoms with Crippen molar-refractivity contribution in [1.29, 1.82) is 0 Å². The summed E-state index contributed by atoms with van der Waals surface area (Å²) >= 11 is 1.68. The predicted molar refractivity (Wildman–Crippen MR) is 92.9 cm³/mol.